The zero-order chi connectivity index (χ0) is 19.0. The normalized spacial score (nSPS) is 25.7. The van der Waals surface area contributed by atoms with Gasteiger partial charge in [0.05, 0.1) is 0 Å². The molecule has 0 saturated heterocycles. The number of carbonyl (C=O) groups is 1. The SMILES string of the molecule is CC1(F)CCC(CC(=O)Nc2nc3ccc(C#N)nc3n2C2CCC2)CC1. The van der Waals surface area contributed by atoms with Gasteiger partial charge in [0.2, 0.25) is 11.9 Å². The Morgan fingerprint density at radius 1 is 1.33 bits per heavy atom. The van der Waals surface area contributed by atoms with Gasteiger partial charge >= 0.3 is 0 Å². The molecule has 2 aliphatic carbocycles. The summed E-state index contributed by atoms with van der Waals surface area (Å²) in [7, 11) is 0. The van der Waals surface area contributed by atoms with Crippen LogP contribution in [0.4, 0.5) is 10.3 Å². The molecule has 0 radical (unpaired) electrons. The number of alkyl halides is 1. The van der Waals surface area contributed by atoms with E-state index in [4.69, 9.17) is 5.26 Å². The van der Waals surface area contributed by atoms with Crippen molar-refractivity contribution < 1.29 is 9.18 Å². The van der Waals surface area contributed by atoms with Gasteiger partial charge in [-0.15, -0.1) is 0 Å². The average Bonchev–Trinajstić information content (AvgIpc) is 2.92. The Bertz CT molecular complexity index is 899. The Morgan fingerprint density at radius 2 is 2.07 bits per heavy atom. The second-order valence-electron chi connectivity index (χ2n) is 8.15. The molecule has 2 saturated carbocycles. The zero-order valence-electron chi connectivity index (χ0n) is 15.5. The molecule has 7 heteroatoms. The van der Waals surface area contributed by atoms with Gasteiger partial charge in [-0.1, -0.05) is 0 Å². The Kier molecular flexibility index (Phi) is 4.58. The number of imidazole rings is 1. The molecule has 0 unspecified atom stereocenters. The van der Waals surface area contributed by atoms with E-state index in [0.29, 0.717) is 42.1 Å². The van der Waals surface area contributed by atoms with Crippen LogP contribution in [-0.2, 0) is 4.79 Å². The van der Waals surface area contributed by atoms with Crippen molar-refractivity contribution in [2.75, 3.05) is 5.32 Å². The molecule has 142 valence electrons. The molecule has 1 amide bonds. The number of fused-ring (bicyclic) bond motifs is 1. The summed E-state index contributed by atoms with van der Waals surface area (Å²) in [5.41, 5.74) is 0.592. The molecule has 1 N–H and O–H groups in total. The Morgan fingerprint density at radius 3 is 2.70 bits per heavy atom. The van der Waals surface area contributed by atoms with Gasteiger partial charge in [0.1, 0.15) is 22.9 Å². The minimum atomic E-state index is -1.09. The first-order valence-corrected chi connectivity index (χ1v) is 9.73. The second-order valence-corrected chi connectivity index (χ2v) is 8.15. The lowest BCUT2D eigenvalue weighted by atomic mass is 9.79. The van der Waals surface area contributed by atoms with Crippen LogP contribution in [0.2, 0.25) is 0 Å². The maximum atomic E-state index is 14.0. The van der Waals surface area contributed by atoms with Gasteiger partial charge in [-0.25, -0.2) is 14.4 Å². The molecular formula is C20H24FN5O. The number of nitrogens with zero attached hydrogens (tertiary/aromatic N) is 4. The van der Waals surface area contributed by atoms with Gasteiger partial charge in [-0.2, -0.15) is 5.26 Å². The maximum absolute atomic E-state index is 14.0. The highest BCUT2D eigenvalue weighted by molar-refractivity contribution is 5.91. The number of rotatable bonds is 4. The van der Waals surface area contributed by atoms with Gasteiger partial charge in [-0.05, 0) is 69.9 Å². The van der Waals surface area contributed by atoms with E-state index in [2.05, 4.69) is 21.4 Å². The van der Waals surface area contributed by atoms with Gasteiger partial charge in [-0.3, -0.25) is 14.7 Å². The van der Waals surface area contributed by atoms with Gasteiger partial charge in [0.15, 0.2) is 5.65 Å². The van der Waals surface area contributed by atoms with E-state index < -0.39 is 5.67 Å². The van der Waals surface area contributed by atoms with E-state index in [1.165, 1.54) is 0 Å². The minimum Gasteiger partial charge on any atom is -0.296 e. The highest BCUT2D eigenvalue weighted by atomic mass is 19.1. The molecule has 0 aromatic carbocycles. The largest absolute Gasteiger partial charge is 0.296 e. The van der Waals surface area contributed by atoms with Crippen molar-refractivity contribution in [3.63, 3.8) is 0 Å². The highest BCUT2D eigenvalue weighted by Gasteiger charge is 2.32. The van der Waals surface area contributed by atoms with Crippen LogP contribution < -0.4 is 5.32 Å². The van der Waals surface area contributed by atoms with Crippen LogP contribution in [0.15, 0.2) is 12.1 Å². The van der Waals surface area contributed by atoms with Crippen molar-refractivity contribution in [3.05, 3.63) is 17.8 Å². The number of hydrogen-bond acceptors (Lipinski definition) is 4. The van der Waals surface area contributed by atoms with Crippen LogP contribution >= 0.6 is 0 Å². The third-order valence-electron chi connectivity index (χ3n) is 5.96. The molecule has 2 aromatic heterocycles. The summed E-state index contributed by atoms with van der Waals surface area (Å²) in [5, 5.41) is 12.1. The molecule has 2 heterocycles. The topological polar surface area (TPSA) is 83.6 Å². The summed E-state index contributed by atoms with van der Waals surface area (Å²) < 4.78 is 15.9. The molecule has 6 nitrogen and oxygen atoms in total. The molecule has 0 aliphatic heterocycles. The van der Waals surface area contributed by atoms with Gasteiger partial charge in [0.25, 0.3) is 0 Å². The number of pyridine rings is 1. The molecule has 27 heavy (non-hydrogen) atoms. The van der Waals surface area contributed by atoms with E-state index in [1.807, 2.05) is 4.57 Å². The predicted molar refractivity (Wildman–Crippen MR) is 99.8 cm³/mol. The fraction of sp³-hybridized carbons (Fsp3) is 0.600. The van der Waals surface area contributed by atoms with Crippen molar-refractivity contribution in [1.29, 1.82) is 5.26 Å². The Labute approximate surface area is 157 Å². The third-order valence-corrected chi connectivity index (χ3v) is 5.96. The van der Waals surface area contributed by atoms with Crippen molar-refractivity contribution in [2.45, 2.75) is 70.0 Å². The van der Waals surface area contributed by atoms with Crippen LogP contribution in [0.1, 0.15) is 70.0 Å². The van der Waals surface area contributed by atoms with Crippen LogP contribution in [0.25, 0.3) is 11.2 Å². The number of amides is 1. The lowest BCUT2D eigenvalue weighted by molar-refractivity contribution is -0.117. The summed E-state index contributed by atoms with van der Waals surface area (Å²) in [6, 6.07) is 5.73. The summed E-state index contributed by atoms with van der Waals surface area (Å²) in [6.07, 6.45) is 6.09. The van der Waals surface area contributed by atoms with E-state index in [1.54, 1.807) is 19.1 Å². The number of aromatic nitrogens is 3. The van der Waals surface area contributed by atoms with E-state index in [0.717, 1.165) is 32.1 Å². The molecule has 2 fully saturated rings. The first kappa shape index (κ1) is 17.9. The van der Waals surface area contributed by atoms with Gasteiger partial charge in [0, 0.05) is 12.5 Å². The summed E-state index contributed by atoms with van der Waals surface area (Å²) in [5.74, 6) is 0.644. The number of nitriles is 1. The monoisotopic (exact) mass is 369 g/mol. The fourth-order valence-electron chi connectivity index (χ4n) is 4.04. The predicted octanol–water partition coefficient (Wildman–Crippen LogP) is 4.27. The molecular weight excluding hydrogens is 345 g/mol. The van der Waals surface area contributed by atoms with Crippen LogP contribution in [-0.4, -0.2) is 26.1 Å². The number of halogens is 1. The van der Waals surface area contributed by atoms with Crippen molar-refractivity contribution in [3.8, 4) is 6.07 Å². The molecule has 0 bridgehead atoms. The standard InChI is InChI=1S/C20H24FN5O/c1-20(21)9-7-13(8-10-20)11-17(27)25-19-24-16-6-5-14(12-22)23-18(16)26(19)15-3-2-4-15/h5-6,13,15H,2-4,7-11H2,1H3,(H,24,25,27). The van der Waals surface area contributed by atoms with Gasteiger partial charge < -0.3 is 0 Å². The molecule has 2 aromatic rings. The first-order valence-electron chi connectivity index (χ1n) is 9.73. The third kappa shape index (κ3) is 3.66. The molecule has 0 spiro atoms. The Hall–Kier alpha value is -2.49. The van der Waals surface area contributed by atoms with Crippen LogP contribution in [0, 0.1) is 17.2 Å². The lowest BCUT2D eigenvalue weighted by Gasteiger charge is -2.31. The van der Waals surface area contributed by atoms with E-state index in [9.17, 15) is 9.18 Å². The average molecular weight is 369 g/mol. The second kappa shape index (κ2) is 6.91. The quantitative estimate of drug-likeness (QED) is 0.872. The summed E-state index contributed by atoms with van der Waals surface area (Å²) in [6.45, 7) is 1.65. The first-order chi connectivity index (χ1) is 12.9. The van der Waals surface area contributed by atoms with Crippen LogP contribution in [0.3, 0.4) is 0 Å². The van der Waals surface area contributed by atoms with Crippen molar-refractivity contribution >= 4 is 23.0 Å². The van der Waals surface area contributed by atoms with Crippen molar-refractivity contribution in [2.24, 2.45) is 5.92 Å². The maximum Gasteiger partial charge on any atom is 0.226 e. The molecule has 2 aliphatic rings. The smallest absolute Gasteiger partial charge is 0.226 e. The summed E-state index contributed by atoms with van der Waals surface area (Å²) >= 11 is 0. The van der Waals surface area contributed by atoms with E-state index >= 15 is 0 Å². The van der Waals surface area contributed by atoms with Crippen LogP contribution in [0.5, 0.6) is 0 Å². The number of hydrogen-bond donors (Lipinski definition) is 1. The number of anilines is 1. The lowest BCUT2D eigenvalue weighted by Crippen LogP contribution is -2.29. The Balaban J connectivity index is 1.53. The summed E-state index contributed by atoms with van der Waals surface area (Å²) in [4.78, 5) is 21.5. The van der Waals surface area contributed by atoms with E-state index in [-0.39, 0.29) is 17.9 Å². The fourth-order valence-corrected chi connectivity index (χ4v) is 4.04. The molecule has 4 rings (SSSR count). The van der Waals surface area contributed by atoms with Crippen molar-refractivity contribution in [1.82, 2.24) is 14.5 Å². The zero-order valence-corrected chi connectivity index (χ0v) is 15.5. The highest BCUT2D eigenvalue weighted by Crippen LogP contribution is 2.38. The number of carbonyl (C=O) groups excluding carboxylic acids is 1. The number of nitrogens with one attached hydrogen (secondary N) is 1. The molecule has 0 atom stereocenters. The minimum absolute atomic E-state index is 0.0844.